The van der Waals surface area contributed by atoms with Crippen molar-refractivity contribution in [1.29, 1.82) is 0 Å². The zero-order valence-corrected chi connectivity index (χ0v) is 16.3. The van der Waals surface area contributed by atoms with Gasteiger partial charge in [-0.3, -0.25) is 4.79 Å². The molecule has 0 spiro atoms. The SMILES string of the molecule is C=CCN1C(=O)C(O)(C#C[Si](C)(C)C)c2c(N3CCCC3)cccc21. The number of amides is 1. The Bertz CT molecular complexity index is 766. The molecule has 1 N–H and O–H groups in total. The van der Waals surface area contributed by atoms with Gasteiger partial charge in [0.05, 0.1) is 11.3 Å². The molecule has 0 bridgehead atoms. The molecule has 0 aliphatic carbocycles. The third-order valence-corrected chi connectivity index (χ3v) is 5.48. The van der Waals surface area contributed by atoms with E-state index in [4.69, 9.17) is 0 Å². The molecule has 1 aromatic carbocycles. The average molecular weight is 355 g/mol. The van der Waals surface area contributed by atoms with Crippen LogP contribution in [0.2, 0.25) is 19.6 Å². The minimum atomic E-state index is -1.77. The molecule has 1 unspecified atom stereocenters. The topological polar surface area (TPSA) is 43.8 Å². The molecular formula is C20H26N2O2Si. The normalized spacial score (nSPS) is 22.6. The van der Waals surface area contributed by atoms with E-state index in [1.54, 1.807) is 11.0 Å². The van der Waals surface area contributed by atoms with Gasteiger partial charge in [0, 0.05) is 25.3 Å². The Morgan fingerprint density at radius 3 is 2.52 bits per heavy atom. The number of carbonyl (C=O) groups is 1. The summed E-state index contributed by atoms with van der Waals surface area (Å²) >= 11 is 0. The van der Waals surface area contributed by atoms with E-state index in [0.29, 0.717) is 12.1 Å². The van der Waals surface area contributed by atoms with E-state index in [9.17, 15) is 9.90 Å². The number of carbonyl (C=O) groups excluding carboxylic acids is 1. The Kier molecular flexibility index (Phi) is 4.52. The van der Waals surface area contributed by atoms with Gasteiger partial charge in [0.2, 0.25) is 5.60 Å². The third kappa shape index (κ3) is 3.12. The molecule has 2 heterocycles. The number of aliphatic hydroxyl groups is 1. The highest BCUT2D eigenvalue weighted by atomic mass is 28.3. The lowest BCUT2D eigenvalue weighted by molar-refractivity contribution is -0.130. The minimum Gasteiger partial charge on any atom is -0.371 e. The van der Waals surface area contributed by atoms with Crippen LogP contribution < -0.4 is 9.80 Å². The molecule has 5 heteroatoms. The van der Waals surface area contributed by atoms with Crippen LogP contribution in [0.3, 0.4) is 0 Å². The van der Waals surface area contributed by atoms with Crippen LogP contribution in [0.5, 0.6) is 0 Å². The molecule has 0 radical (unpaired) electrons. The molecule has 0 saturated carbocycles. The molecule has 2 aliphatic rings. The lowest BCUT2D eigenvalue weighted by Crippen LogP contribution is -2.40. The van der Waals surface area contributed by atoms with Crippen LogP contribution in [0, 0.1) is 11.5 Å². The molecule has 1 fully saturated rings. The minimum absolute atomic E-state index is 0.361. The Labute approximate surface area is 151 Å². The molecule has 1 saturated heterocycles. The van der Waals surface area contributed by atoms with Gasteiger partial charge in [0.1, 0.15) is 8.07 Å². The molecule has 132 valence electrons. The van der Waals surface area contributed by atoms with Gasteiger partial charge in [0.25, 0.3) is 5.91 Å². The molecular weight excluding hydrogens is 328 g/mol. The Balaban J connectivity index is 2.20. The van der Waals surface area contributed by atoms with Crippen molar-refractivity contribution >= 4 is 25.4 Å². The number of nitrogens with zero attached hydrogens (tertiary/aromatic N) is 2. The molecule has 2 aliphatic heterocycles. The van der Waals surface area contributed by atoms with E-state index in [-0.39, 0.29) is 5.91 Å². The highest BCUT2D eigenvalue weighted by Crippen LogP contribution is 2.46. The number of benzene rings is 1. The van der Waals surface area contributed by atoms with Crippen LogP contribution in [-0.2, 0) is 10.4 Å². The van der Waals surface area contributed by atoms with Gasteiger partial charge < -0.3 is 14.9 Å². The van der Waals surface area contributed by atoms with Crippen molar-refractivity contribution in [2.45, 2.75) is 38.1 Å². The number of hydrogen-bond donors (Lipinski definition) is 1. The van der Waals surface area contributed by atoms with E-state index in [0.717, 1.165) is 37.3 Å². The highest BCUT2D eigenvalue weighted by molar-refractivity contribution is 6.83. The van der Waals surface area contributed by atoms with E-state index < -0.39 is 13.7 Å². The number of fused-ring (bicyclic) bond motifs is 1. The smallest absolute Gasteiger partial charge is 0.277 e. The fourth-order valence-electron chi connectivity index (χ4n) is 3.46. The maximum Gasteiger partial charge on any atom is 0.277 e. The second kappa shape index (κ2) is 6.36. The quantitative estimate of drug-likeness (QED) is 0.516. The summed E-state index contributed by atoms with van der Waals surface area (Å²) in [6.45, 7) is 12.3. The van der Waals surface area contributed by atoms with Gasteiger partial charge in [-0.1, -0.05) is 37.7 Å². The predicted molar refractivity (Wildman–Crippen MR) is 105 cm³/mol. The zero-order valence-electron chi connectivity index (χ0n) is 15.3. The summed E-state index contributed by atoms with van der Waals surface area (Å²) in [6, 6.07) is 5.84. The largest absolute Gasteiger partial charge is 0.371 e. The highest BCUT2D eigenvalue weighted by Gasteiger charge is 2.51. The predicted octanol–water partition coefficient (Wildman–Crippen LogP) is 2.89. The molecule has 25 heavy (non-hydrogen) atoms. The summed E-state index contributed by atoms with van der Waals surface area (Å²) in [4.78, 5) is 16.9. The second-order valence-electron chi connectivity index (χ2n) is 7.78. The van der Waals surface area contributed by atoms with Crippen molar-refractivity contribution in [2.75, 3.05) is 29.4 Å². The Morgan fingerprint density at radius 1 is 1.28 bits per heavy atom. The van der Waals surface area contributed by atoms with Crippen molar-refractivity contribution in [2.24, 2.45) is 0 Å². The van der Waals surface area contributed by atoms with E-state index in [2.05, 4.69) is 42.6 Å². The van der Waals surface area contributed by atoms with Gasteiger partial charge in [-0.15, -0.1) is 12.1 Å². The monoisotopic (exact) mass is 354 g/mol. The summed E-state index contributed by atoms with van der Waals surface area (Å²) in [5.41, 5.74) is 3.77. The van der Waals surface area contributed by atoms with Crippen LogP contribution in [0.15, 0.2) is 30.9 Å². The van der Waals surface area contributed by atoms with Crippen molar-refractivity contribution in [3.8, 4) is 11.5 Å². The molecule has 0 aromatic heterocycles. The summed E-state index contributed by atoms with van der Waals surface area (Å²) in [5.74, 6) is 2.61. The van der Waals surface area contributed by atoms with Gasteiger partial charge in [-0.05, 0) is 25.0 Å². The maximum absolute atomic E-state index is 13.1. The first-order valence-corrected chi connectivity index (χ1v) is 12.4. The van der Waals surface area contributed by atoms with Gasteiger partial charge >= 0.3 is 0 Å². The first kappa shape index (κ1) is 17.8. The summed E-state index contributed by atoms with van der Waals surface area (Å²) in [5, 5.41) is 11.4. The molecule has 3 rings (SSSR count). The summed E-state index contributed by atoms with van der Waals surface area (Å²) in [7, 11) is -1.74. The number of rotatable bonds is 3. The van der Waals surface area contributed by atoms with Crippen LogP contribution in [0.25, 0.3) is 0 Å². The first-order valence-electron chi connectivity index (χ1n) is 8.86. The molecule has 1 atom stereocenters. The average Bonchev–Trinajstić information content (AvgIpc) is 3.16. The number of hydrogen-bond acceptors (Lipinski definition) is 3. The summed E-state index contributed by atoms with van der Waals surface area (Å²) < 4.78 is 0. The second-order valence-corrected chi connectivity index (χ2v) is 12.5. The number of anilines is 2. The van der Waals surface area contributed by atoms with Gasteiger partial charge in [0.15, 0.2) is 0 Å². The zero-order chi connectivity index (χ0) is 18.2. The van der Waals surface area contributed by atoms with E-state index in [1.165, 1.54) is 0 Å². The van der Waals surface area contributed by atoms with Crippen molar-refractivity contribution < 1.29 is 9.90 Å². The Morgan fingerprint density at radius 2 is 1.92 bits per heavy atom. The van der Waals surface area contributed by atoms with Crippen LogP contribution in [0.4, 0.5) is 11.4 Å². The van der Waals surface area contributed by atoms with Crippen LogP contribution in [0.1, 0.15) is 18.4 Å². The van der Waals surface area contributed by atoms with Crippen molar-refractivity contribution in [1.82, 2.24) is 0 Å². The maximum atomic E-state index is 13.1. The first-order chi connectivity index (χ1) is 11.8. The molecule has 4 nitrogen and oxygen atoms in total. The van der Waals surface area contributed by atoms with Crippen molar-refractivity contribution in [3.05, 3.63) is 36.4 Å². The van der Waals surface area contributed by atoms with Gasteiger partial charge in [-0.25, -0.2) is 0 Å². The van der Waals surface area contributed by atoms with E-state index >= 15 is 0 Å². The van der Waals surface area contributed by atoms with Crippen LogP contribution >= 0.6 is 0 Å². The van der Waals surface area contributed by atoms with Crippen LogP contribution in [-0.4, -0.2) is 38.7 Å². The third-order valence-electron chi connectivity index (χ3n) is 4.60. The van der Waals surface area contributed by atoms with Crippen molar-refractivity contribution in [3.63, 3.8) is 0 Å². The fourth-order valence-corrected chi connectivity index (χ4v) is 4.02. The lowest BCUT2D eigenvalue weighted by atomic mass is 9.94. The Hall–Kier alpha value is -2.03. The standard InChI is InChI=1S/C20H26N2O2Si/c1-5-12-22-17-10-8-9-16(21-13-6-7-14-21)18(17)20(24,19(22)23)11-15-25(2,3)4/h5,8-10,24H,1,6-7,12-14H2,2-4H3. The summed E-state index contributed by atoms with van der Waals surface area (Å²) in [6.07, 6.45) is 3.95. The van der Waals surface area contributed by atoms with Gasteiger partial charge in [-0.2, -0.15) is 0 Å². The van der Waals surface area contributed by atoms with E-state index in [1.807, 2.05) is 18.2 Å². The molecule has 1 amide bonds. The fraction of sp³-hybridized carbons (Fsp3) is 0.450. The molecule has 1 aromatic rings. The lowest BCUT2D eigenvalue weighted by Gasteiger charge is -2.24.